The highest BCUT2D eigenvalue weighted by Gasteiger charge is 2.27. The van der Waals surface area contributed by atoms with E-state index < -0.39 is 47.4 Å². The van der Waals surface area contributed by atoms with Crippen molar-refractivity contribution in [2.45, 2.75) is 97.3 Å². The van der Waals surface area contributed by atoms with Crippen LogP contribution in [0.3, 0.4) is 0 Å². The molecule has 1 heterocycles. The maximum absolute atomic E-state index is 13.1. The number of pyridine rings is 1. The lowest BCUT2D eigenvalue weighted by Gasteiger charge is -2.23. The molecular formula is C38H44IN3O8. The van der Waals surface area contributed by atoms with Crippen LogP contribution < -0.4 is 10.6 Å². The number of aromatic nitrogens is 1. The molecule has 0 aliphatic heterocycles. The zero-order valence-electron chi connectivity index (χ0n) is 29.2. The average Bonchev–Trinajstić information content (AvgIpc) is 3.04. The SMILES string of the molecule is CC(C)(C)OC(=O)N[C@@H](CC#Cc1cc(CC[C@H](NC(=O)OC(C)(C)C)C(=O)OCc2ccccc2)cnc1I)C(=O)OCc1ccccc1. The fourth-order valence-electron chi connectivity index (χ4n) is 4.28. The van der Waals surface area contributed by atoms with E-state index in [2.05, 4.69) is 50.0 Å². The number of nitrogens with zero attached hydrogens (tertiary/aromatic N) is 1. The highest BCUT2D eigenvalue weighted by Crippen LogP contribution is 2.15. The van der Waals surface area contributed by atoms with Gasteiger partial charge in [-0.15, -0.1) is 0 Å². The van der Waals surface area contributed by atoms with Gasteiger partial charge in [0, 0.05) is 12.6 Å². The van der Waals surface area contributed by atoms with Crippen molar-refractivity contribution >= 4 is 46.7 Å². The molecule has 50 heavy (non-hydrogen) atoms. The van der Waals surface area contributed by atoms with Gasteiger partial charge in [0.05, 0.1) is 5.56 Å². The number of alkyl carbamates (subject to hydrolysis) is 2. The molecule has 2 N–H and O–H groups in total. The third kappa shape index (κ3) is 15.3. The Morgan fingerprint density at radius 2 is 1.22 bits per heavy atom. The minimum atomic E-state index is -1.09. The molecule has 1 aromatic heterocycles. The predicted octanol–water partition coefficient (Wildman–Crippen LogP) is 6.63. The molecule has 0 saturated carbocycles. The maximum atomic E-state index is 13.1. The number of esters is 2. The summed E-state index contributed by atoms with van der Waals surface area (Å²) in [6, 6.07) is 18.2. The summed E-state index contributed by atoms with van der Waals surface area (Å²) in [6.45, 7) is 10.5. The quantitative estimate of drug-likeness (QED) is 0.0679. The van der Waals surface area contributed by atoms with Crippen molar-refractivity contribution in [1.29, 1.82) is 0 Å². The third-order valence-electron chi connectivity index (χ3n) is 6.55. The molecule has 0 fully saturated rings. The summed E-state index contributed by atoms with van der Waals surface area (Å²) in [5, 5.41) is 5.21. The van der Waals surface area contributed by atoms with Crippen molar-refractivity contribution in [2.24, 2.45) is 0 Å². The summed E-state index contributed by atoms with van der Waals surface area (Å²) in [6.07, 6.45) is 0.674. The van der Waals surface area contributed by atoms with Gasteiger partial charge < -0.3 is 29.6 Å². The van der Waals surface area contributed by atoms with Crippen molar-refractivity contribution in [1.82, 2.24) is 15.6 Å². The second kappa shape index (κ2) is 18.9. The molecule has 0 unspecified atom stereocenters. The maximum Gasteiger partial charge on any atom is 0.408 e. The monoisotopic (exact) mass is 797 g/mol. The Kier molecular flexibility index (Phi) is 15.1. The number of ether oxygens (including phenoxy) is 4. The first-order valence-electron chi connectivity index (χ1n) is 16.1. The molecular weight excluding hydrogens is 753 g/mol. The summed E-state index contributed by atoms with van der Waals surface area (Å²) < 4.78 is 22.3. The van der Waals surface area contributed by atoms with Crippen LogP contribution in [-0.4, -0.2) is 52.4 Å². The van der Waals surface area contributed by atoms with Crippen LogP contribution in [0.25, 0.3) is 0 Å². The van der Waals surface area contributed by atoms with Gasteiger partial charge in [0.25, 0.3) is 0 Å². The minimum absolute atomic E-state index is 0.0348. The Morgan fingerprint density at radius 1 is 0.740 bits per heavy atom. The fourth-order valence-corrected chi connectivity index (χ4v) is 4.71. The number of amides is 2. The first kappa shape index (κ1) is 39.8. The van der Waals surface area contributed by atoms with Crippen LogP contribution in [0.5, 0.6) is 0 Å². The molecule has 12 heteroatoms. The van der Waals surface area contributed by atoms with Crippen molar-refractivity contribution in [3.63, 3.8) is 0 Å². The molecule has 0 bridgehead atoms. The summed E-state index contributed by atoms with van der Waals surface area (Å²) >= 11 is 2.06. The standard InChI is InChI=1S/C38H44IN3O8/c1-37(2,3)49-35(45)41-30(33(43)47-24-26-14-9-7-10-15-26)19-13-18-29-22-28(23-40-32(29)39)20-21-31(42-36(46)50-38(4,5)6)34(44)48-25-27-16-11-8-12-17-27/h7-12,14-17,22-23,30-31H,19-21,24-25H2,1-6H3,(H,41,45)(H,42,46)/t30-,31-/m0/s1. The number of carbonyl (C=O) groups excluding carboxylic acids is 4. The van der Waals surface area contributed by atoms with E-state index in [1.165, 1.54) is 0 Å². The first-order chi connectivity index (χ1) is 23.6. The minimum Gasteiger partial charge on any atom is -0.459 e. The van der Waals surface area contributed by atoms with Gasteiger partial charge in [0.2, 0.25) is 0 Å². The van der Waals surface area contributed by atoms with Gasteiger partial charge in [0.1, 0.15) is 40.2 Å². The van der Waals surface area contributed by atoms with Crippen LogP contribution in [-0.2, 0) is 48.2 Å². The Morgan fingerprint density at radius 3 is 1.72 bits per heavy atom. The number of rotatable bonds is 12. The van der Waals surface area contributed by atoms with Crippen molar-refractivity contribution < 1.29 is 38.1 Å². The lowest BCUT2D eigenvalue weighted by molar-refractivity contribution is -0.148. The summed E-state index contributed by atoms with van der Waals surface area (Å²) in [5.41, 5.74) is 1.43. The highest BCUT2D eigenvalue weighted by atomic mass is 127. The Hall–Kier alpha value is -4.64. The van der Waals surface area contributed by atoms with Crippen LogP contribution in [0.4, 0.5) is 9.59 Å². The number of benzene rings is 2. The Balaban J connectivity index is 1.72. The molecule has 11 nitrogen and oxygen atoms in total. The number of hydrogen-bond donors (Lipinski definition) is 2. The van der Waals surface area contributed by atoms with E-state index in [1.807, 2.05) is 66.7 Å². The molecule has 2 amide bonds. The van der Waals surface area contributed by atoms with Crippen LogP contribution in [0, 0.1) is 15.5 Å². The zero-order valence-corrected chi connectivity index (χ0v) is 31.4. The smallest absolute Gasteiger partial charge is 0.408 e. The van der Waals surface area contributed by atoms with E-state index in [0.717, 1.165) is 16.7 Å². The van der Waals surface area contributed by atoms with E-state index in [0.29, 0.717) is 15.7 Å². The summed E-state index contributed by atoms with van der Waals surface area (Å²) in [7, 11) is 0. The molecule has 2 aromatic carbocycles. The van der Waals surface area contributed by atoms with Crippen molar-refractivity contribution in [3.8, 4) is 11.8 Å². The lowest BCUT2D eigenvalue weighted by Crippen LogP contribution is -2.44. The second-order valence-electron chi connectivity index (χ2n) is 13.3. The van der Waals surface area contributed by atoms with Crippen LogP contribution in [0.15, 0.2) is 72.9 Å². The zero-order chi connectivity index (χ0) is 36.7. The van der Waals surface area contributed by atoms with Crippen LogP contribution in [0.2, 0.25) is 0 Å². The molecule has 0 aliphatic rings. The lowest BCUT2D eigenvalue weighted by atomic mass is 10.1. The number of carbonyl (C=O) groups is 4. The normalized spacial score (nSPS) is 12.3. The Bertz CT molecular complexity index is 1660. The van der Waals surface area contributed by atoms with Gasteiger partial charge in [0.15, 0.2) is 0 Å². The second-order valence-corrected chi connectivity index (χ2v) is 14.3. The molecule has 0 saturated heterocycles. The van der Waals surface area contributed by atoms with Gasteiger partial charge in [-0.25, -0.2) is 24.2 Å². The first-order valence-corrected chi connectivity index (χ1v) is 17.2. The van der Waals surface area contributed by atoms with E-state index in [4.69, 9.17) is 18.9 Å². The van der Waals surface area contributed by atoms with E-state index in [1.54, 1.807) is 47.7 Å². The Labute approximate surface area is 307 Å². The molecule has 3 rings (SSSR count). The van der Waals surface area contributed by atoms with Crippen LogP contribution >= 0.6 is 22.6 Å². The number of hydrogen-bond acceptors (Lipinski definition) is 9. The summed E-state index contributed by atoms with van der Waals surface area (Å²) in [5.74, 6) is 4.76. The number of halogens is 1. The van der Waals surface area contributed by atoms with Crippen LogP contribution in [0.1, 0.15) is 76.6 Å². The molecule has 0 radical (unpaired) electrons. The van der Waals surface area contributed by atoms with Gasteiger partial charge in [-0.2, -0.15) is 0 Å². The number of aryl methyl sites for hydroxylation is 1. The predicted molar refractivity (Wildman–Crippen MR) is 196 cm³/mol. The van der Waals surface area contributed by atoms with Crippen molar-refractivity contribution in [3.05, 3.63) is 98.9 Å². The fraction of sp³-hybridized carbons (Fsp3) is 0.395. The summed E-state index contributed by atoms with van der Waals surface area (Å²) in [4.78, 5) is 55.7. The van der Waals surface area contributed by atoms with E-state index in [-0.39, 0.29) is 26.1 Å². The molecule has 266 valence electrons. The van der Waals surface area contributed by atoms with E-state index in [9.17, 15) is 19.2 Å². The topological polar surface area (TPSA) is 142 Å². The van der Waals surface area contributed by atoms with Gasteiger partial charge in [-0.3, -0.25) is 0 Å². The largest absolute Gasteiger partial charge is 0.459 e. The molecule has 0 spiro atoms. The van der Waals surface area contributed by atoms with Gasteiger partial charge in [-0.1, -0.05) is 72.5 Å². The number of nitrogens with one attached hydrogen (secondary N) is 2. The molecule has 0 aliphatic carbocycles. The van der Waals surface area contributed by atoms with E-state index >= 15 is 0 Å². The highest BCUT2D eigenvalue weighted by molar-refractivity contribution is 14.1. The van der Waals surface area contributed by atoms with Gasteiger partial charge >= 0.3 is 24.1 Å². The molecule has 3 aromatic rings. The molecule has 2 atom stereocenters. The average molecular weight is 798 g/mol. The van der Waals surface area contributed by atoms with Crippen molar-refractivity contribution in [2.75, 3.05) is 0 Å². The third-order valence-corrected chi connectivity index (χ3v) is 7.41. The van der Waals surface area contributed by atoms with Gasteiger partial charge in [-0.05, 0) is 99.7 Å².